The van der Waals surface area contributed by atoms with Crippen LogP contribution in [0.5, 0.6) is 0 Å². The number of hydrogen-bond acceptors (Lipinski definition) is 7. The van der Waals surface area contributed by atoms with E-state index >= 15 is 0 Å². The minimum absolute atomic E-state index is 0.108. The van der Waals surface area contributed by atoms with E-state index in [9.17, 15) is 24.3 Å². The fourth-order valence-corrected chi connectivity index (χ4v) is 4.02. The number of benzene rings is 1. The lowest BCUT2D eigenvalue weighted by Crippen LogP contribution is -2.60. The van der Waals surface area contributed by atoms with Gasteiger partial charge < -0.3 is 41.6 Å². The topological polar surface area (TPSA) is 193 Å². The molecule has 0 spiro atoms. The number of carboxylic acids is 1. The maximum atomic E-state index is 13.3. The number of hydrogen-bond donors (Lipinski definition) is 8. The number of carbonyl (C=O) groups excluding carboxylic acids is 3. The maximum Gasteiger partial charge on any atom is 0.328 e. The van der Waals surface area contributed by atoms with E-state index in [1.807, 2.05) is 24.3 Å². The Hall–Kier alpha value is -3.48. The quantitative estimate of drug-likeness (QED) is 0.184. The number of carbonyl (C=O) groups is 4. The van der Waals surface area contributed by atoms with Crippen molar-refractivity contribution in [3.05, 3.63) is 36.0 Å². The summed E-state index contributed by atoms with van der Waals surface area (Å²) in [6, 6.07) is 2.84. The summed E-state index contributed by atoms with van der Waals surface area (Å²) in [5.41, 5.74) is 1.63. The molecule has 8 N–H and O–H groups in total. The van der Waals surface area contributed by atoms with Crippen molar-refractivity contribution in [2.75, 3.05) is 13.2 Å². The molecule has 190 valence electrons. The SMILES string of the molecule is CC(O)C(NC(=O)C(Cc1c[nH]c2ccccc12)NC(=O)C1CCCN1)C(=O)NC(CO)C(=O)O. The minimum atomic E-state index is -1.60. The van der Waals surface area contributed by atoms with Gasteiger partial charge in [0.15, 0.2) is 0 Å². The number of para-hydroxylation sites is 1. The van der Waals surface area contributed by atoms with Gasteiger partial charge in [-0.15, -0.1) is 0 Å². The Morgan fingerprint density at radius 3 is 2.46 bits per heavy atom. The van der Waals surface area contributed by atoms with E-state index in [0.29, 0.717) is 13.0 Å². The minimum Gasteiger partial charge on any atom is -0.480 e. The van der Waals surface area contributed by atoms with Crippen LogP contribution in [0.1, 0.15) is 25.3 Å². The maximum absolute atomic E-state index is 13.3. The Kier molecular flexibility index (Phi) is 8.79. The highest BCUT2D eigenvalue weighted by Crippen LogP contribution is 2.19. The van der Waals surface area contributed by atoms with E-state index in [4.69, 9.17) is 10.2 Å². The number of aliphatic hydroxyl groups excluding tert-OH is 2. The molecule has 0 aliphatic carbocycles. The lowest BCUT2D eigenvalue weighted by atomic mass is 10.0. The highest BCUT2D eigenvalue weighted by Gasteiger charge is 2.33. The third-order valence-electron chi connectivity index (χ3n) is 5.97. The normalized spacial score (nSPS) is 18.9. The van der Waals surface area contributed by atoms with Crippen molar-refractivity contribution in [1.82, 2.24) is 26.3 Å². The van der Waals surface area contributed by atoms with Gasteiger partial charge in [0.05, 0.1) is 18.8 Å². The lowest BCUT2D eigenvalue weighted by molar-refractivity contribution is -0.144. The van der Waals surface area contributed by atoms with E-state index < -0.39 is 54.7 Å². The van der Waals surface area contributed by atoms with Crippen LogP contribution in [-0.4, -0.2) is 87.4 Å². The Bertz CT molecular complexity index is 1060. The van der Waals surface area contributed by atoms with E-state index in [-0.39, 0.29) is 12.3 Å². The molecule has 2 aromatic rings. The summed E-state index contributed by atoms with van der Waals surface area (Å²) in [7, 11) is 0. The summed E-state index contributed by atoms with van der Waals surface area (Å²) in [6.07, 6.45) is 1.92. The number of aromatic nitrogens is 1. The number of aliphatic carboxylic acids is 1. The molecular formula is C23H31N5O7. The van der Waals surface area contributed by atoms with Crippen molar-refractivity contribution >= 4 is 34.6 Å². The number of amides is 3. The zero-order valence-electron chi connectivity index (χ0n) is 19.3. The first-order chi connectivity index (χ1) is 16.7. The first-order valence-corrected chi connectivity index (χ1v) is 11.4. The molecule has 1 fully saturated rings. The number of H-pyrrole nitrogens is 1. The number of nitrogens with one attached hydrogen (secondary N) is 5. The number of carboxylic acid groups (broad SMARTS) is 1. The summed E-state index contributed by atoms with van der Waals surface area (Å²) in [5, 5.41) is 39.5. The molecule has 12 nitrogen and oxygen atoms in total. The van der Waals surface area contributed by atoms with Crippen molar-refractivity contribution in [2.45, 2.75) is 56.5 Å². The van der Waals surface area contributed by atoms with Gasteiger partial charge in [0.1, 0.15) is 18.1 Å². The number of aliphatic hydroxyl groups is 2. The van der Waals surface area contributed by atoms with Gasteiger partial charge in [-0.2, -0.15) is 0 Å². The molecule has 3 rings (SSSR count). The first-order valence-electron chi connectivity index (χ1n) is 11.4. The van der Waals surface area contributed by atoms with Crippen LogP contribution in [0.2, 0.25) is 0 Å². The Morgan fingerprint density at radius 2 is 1.83 bits per heavy atom. The monoisotopic (exact) mass is 489 g/mol. The van der Waals surface area contributed by atoms with Crippen LogP contribution in [-0.2, 0) is 25.6 Å². The van der Waals surface area contributed by atoms with Crippen LogP contribution in [0.15, 0.2) is 30.5 Å². The predicted molar refractivity (Wildman–Crippen MR) is 125 cm³/mol. The van der Waals surface area contributed by atoms with Gasteiger partial charge >= 0.3 is 5.97 Å². The van der Waals surface area contributed by atoms with Gasteiger partial charge in [0, 0.05) is 23.5 Å². The third-order valence-corrected chi connectivity index (χ3v) is 5.97. The molecule has 2 heterocycles. The van der Waals surface area contributed by atoms with Gasteiger partial charge in [-0.3, -0.25) is 14.4 Å². The van der Waals surface area contributed by atoms with Gasteiger partial charge in [0.25, 0.3) is 0 Å². The van der Waals surface area contributed by atoms with Crippen molar-refractivity contribution in [3.8, 4) is 0 Å². The smallest absolute Gasteiger partial charge is 0.328 e. The fourth-order valence-electron chi connectivity index (χ4n) is 4.02. The molecule has 0 bridgehead atoms. The van der Waals surface area contributed by atoms with E-state index in [2.05, 4.69) is 26.3 Å². The summed E-state index contributed by atoms with van der Waals surface area (Å²) < 4.78 is 0. The van der Waals surface area contributed by atoms with Gasteiger partial charge in [-0.25, -0.2) is 4.79 Å². The van der Waals surface area contributed by atoms with Gasteiger partial charge in [0.2, 0.25) is 17.7 Å². The largest absolute Gasteiger partial charge is 0.480 e. The molecule has 1 aliphatic rings. The molecule has 35 heavy (non-hydrogen) atoms. The highest BCUT2D eigenvalue weighted by molar-refractivity contribution is 5.95. The molecule has 0 radical (unpaired) electrons. The molecule has 1 aromatic heterocycles. The molecule has 5 atom stereocenters. The highest BCUT2D eigenvalue weighted by atomic mass is 16.4. The Balaban J connectivity index is 1.80. The summed E-state index contributed by atoms with van der Waals surface area (Å²) >= 11 is 0. The second kappa shape index (κ2) is 11.8. The Labute approximate surface area is 201 Å². The summed E-state index contributed by atoms with van der Waals surface area (Å²) in [5.74, 6) is -3.53. The first kappa shape index (κ1) is 26.1. The average Bonchev–Trinajstić information content (AvgIpc) is 3.50. The van der Waals surface area contributed by atoms with E-state index in [0.717, 1.165) is 22.9 Å². The average molecular weight is 490 g/mol. The van der Waals surface area contributed by atoms with Crippen LogP contribution in [0, 0.1) is 0 Å². The van der Waals surface area contributed by atoms with Crippen molar-refractivity contribution < 1.29 is 34.5 Å². The molecule has 3 amide bonds. The molecule has 5 unspecified atom stereocenters. The second-order valence-corrected chi connectivity index (χ2v) is 8.58. The standard InChI is InChI=1S/C23H31N5O7/c1-12(30)19(22(33)27-18(11-29)23(34)35)28-21(32)17(26-20(31)16-7-4-8-24-16)9-13-10-25-15-6-3-2-5-14(13)15/h2-3,5-6,10,12,16-19,24-25,29-30H,4,7-9,11H2,1H3,(H,26,31)(H,27,33)(H,28,32)(H,34,35). The summed E-state index contributed by atoms with van der Waals surface area (Å²) in [6.45, 7) is 1.08. The summed E-state index contributed by atoms with van der Waals surface area (Å²) in [4.78, 5) is 52.9. The van der Waals surface area contributed by atoms with Crippen molar-refractivity contribution in [3.63, 3.8) is 0 Å². The molecule has 1 aromatic carbocycles. The fraction of sp³-hybridized carbons (Fsp3) is 0.478. The van der Waals surface area contributed by atoms with Crippen molar-refractivity contribution in [2.24, 2.45) is 0 Å². The van der Waals surface area contributed by atoms with E-state index in [1.165, 1.54) is 6.92 Å². The van der Waals surface area contributed by atoms with E-state index in [1.54, 1.807) is 6.20 Å². The van der Waals surface area contributed by atoms with Crippen LogP contribution in [0.25, 0.3) is 10.9 Å². The molecular weight excluding hydrogens is 458 g/mol. The number of fused-ring (bicyclic) bond motifs is 1. The van der Waals surface area contributed by atoms with Crippen molar-refractivity contribution in [1.29, 1.82) is 0 Å². The zero-order chi connectivity index (χ0) is 25.5. The van der Waals surface area contributed by atoms with Gasteiger partial charge in [-0.05, 0) is 37.9 Å². The Morgan fingerprint density at radius 1 is 1.09 bits per heavy atom. The third kappa shape index (κ3) is 6.56. The molecule has 0 saturated carbocycles. The van der Waals surface area contributed by atoms with Crippen LogP contribution < -0.4 is 21.3 Å². The van der Waals surface area contributed by atoms with Crippen LogP contribution in [0.4, 0.5) is 0 Å². The second-order valence-electron chi connectivity index (χ2n) is 8.58. The molecule has 1 saturated heterocycles. The number of rotatable bonds is 11. The van der Waals surface area contributed by atoms with Crippen LogP contribution in [0.3, 0.4) is 0 Å². The molecule has 12 heteroatoms. The zero-order valence-corrected chi connectivity index (χ0v) is 19.3. The lowest BCUT2D eigenvalue weighted by Gasteiger charge is -2.26. The predicted octanol–water partition coefficient (Wildman–Crippen LogP) is -1.63. The van der Waals surface area contributed by atoms with Gasteiger partial charge in [-0.1, -0.05) is 18.2 Å². The number of aromatic amines is 1. The van der Waals surface area contributed by atoms with Crippen LogP contribution >= 0.6 is 0 Å². The molecule has 1 aliphatic heterocycles.